The average Bonchev–Trinajstić information content (AvgIpc) is 2.61. The zero-order valence-electron chi connectivity index (χ0n) is 8.38. The molecule has 7 heteroatoms. The molecule has 0 atom stereocenters. The molecule has 0 amide bonds. The highest BCUT2D eigenvalue weighted by molar-refractivity contribution is 6.25. The highest BCUT2D eigenvalue weighted by Gasteiger charge is 2.18. The third-order valence-electron chi connectivity index (χ3n) is 1.92. The molecule has 0 aliphatic heterocycles. The molecular formula is C9H9ClN2O4. The van der Waals surface area contributed by atoms with Gasteiger partial charge in [-0.3, -0.25) is 10.1 Å². The summed E-state index contributed by atoms with van der Waals surface area (Å²) in [5.74, 6) is -1.21. The van der Waals surface area contributed by atoms with Gasteiger partial charge in [0, 0.05) is 18.1 Å². The number of nitro groups is 1. The molecule has 16 heavy (non-hydrogen) atoms. The summed E-state index contributed by atoms with van der Waals surface area (Å²) in [4.78, 5) is 20.7. The minimum absolute atomic E-state index is 0.135. The van der Waals surface area contributed by atoms with Crippen LogP contribution in [0.3, 0.4) is 0 Å². The van der Waals surface area contributed by atoms with Gasteiger partial charge in [-0.25, -0.2) is 4.79 Å². The van der Waals surface area contributed by atoms with Crippen LogP contribution in [-0.2, 0) is 6.54 Å². The Morgan fingerprint density at radius 2 is 2.38 bits per heavy atom. The molecule has 86 valence electrons. The van der Waals surface area contributed by atoms with Gasteiger partial charge in [-0.2, -0.15) is 0 Å². The van der Waals surface area contributed by atoms with Crippen LogP contribution in [0, 0.1) is 10.1 Å². The molecule has 0 fully saturated rings. The van der Waals surface area contributed by atoms with Crippen LogP contribution in [0.25, 0.3) is 0 Å². The number of aromatic nitrogens is 1. The molecular weight excluding hydrogens is 236 g/mol. The Morgan fingerprint density at radius 3 is 2.81 bits per heavy atom. The van der Waals surface area contributed by atoms with Crippen LogP contribution < -0.4 is 0 Å². The first-order valence-electron chi connectivity index (χ1n) is 4.29. The largest absolute Gasteiger partial charge is 0.477 e. The number of rotatable bonds is 4. The van der Waals surface area contributed by atoms with Gasteiger partial charge in [-0.1, -0.05) is 11.6 Å². The van der Waals surface area contributed by atoms with Crippen LogP contribution in [0.5, 0.6) is 0 Å². The second-order valence-corrected chi connectivity index (χ2v) is 3.45. The molecule has 0 aliphatic carbocycles. The minimum atomic E-state index is -1.21. The fourth-order valence-electron chi connectivity index (χ4n) is 1.21. The molecule has 1 rings (SSSR count). The molecule has 0 saturated heterocycles. The van der Waals surface area contributed by atoms with Crippen molar-refractivity contribution in [2.75, 3.05) is 0 Å². The zero-order valence-corrected chi connectivity index (χ0v) is 9.14. The summed E-state index contributed by atoms with van der Waals surface area (Å²) < 4.78 is 1.27. The Kier molecular flexibility index (Phi) is 3.68. The van der Waals surface area contributed by atoms with E-state index in [9.17, 15) is 14.9 Å². The van der Waals surface area contributed by atoms with E-state index in [4.69, 9.17) is 16.7 Å². The van der Waals surface area contributed by atoms with Crippen LogP contribution >= 0.6 is 11.6 Å². The van der Waals surface area contributed by atoms with Crippen molar-refractivity contribution in [3.8, 4) is 0 Å². The van der Waals surface area contributed by atoms with Crippen molar-refractivity contribution in [2.24, 2.45) is 0 Å². The summed E-state index contributed by atoms with van der Waals surface area (Å²) in [5.41, 5.74) is 1.62. The number of nitrogens with zero attached hydrogens (tertiary/aromatic N) is 2. The fraction of sp³-hybridized carbons (Fsp3) is 0.222. The van der Waals surface area contributed by atoms with Crippen molar-refractivity contribution in [2.45, 2.75) is 13.5 Å². The van der Waals surface area contributed by atoms with Crippen LogP contribution in [0.4, 0.5) is 5.69 Å². The van der Waals surface area contributed by atoms with E-state index in [0.29, 0.717) is 5.57 Å². The predicted octanol–water partition coefficient (Wildman–Crippen LogP) is 2.24. The van der Waals surface area contributed by atoms with E-state index in [1.807, 2.05) is 0 Å². The second kappa shape index (κ2) is 4.80. The highest BCUT2D eigenvalue weighted by atomic mass is 35.5. The minimum Gasteiger partial charge on any atom is -0.477 e. The Balaban J connectivity index is 3.15. The van der Waals surface area contributed by atoms with E-state index in [2.05, 4.69) is 0 Å². The molecule has 0 saturated carbocycles. The summed E-state index contributed by atoms with van der Waals surface area (Å²) in [6.45, 7) is 1.91. The van der Waals surface area contributed by atoms with Crippen molar-refractivity contribution in [1.29, 1.82) is 0 Å². The molecule has 0 spiro atoms. The summed E-state index contributed by atoms with van der Waals surface area (Å²) in [5, 5.41) is 19.4. The van der Waals surface area contributed by atoms with E-state index in [-0.39, 0.29) is 17.9 Å². The molecule has 0 aliphatic rings. The lowest BCUT2D eigenvalue weighted by Gasteiger charge is -2.04. The lowest BCUT2D eigenvalue weighted by molar-refractivity contribution is -0.384. The van der Waals surface area contributed by atoms with Gasteiger partial charge in [0.2, 0.25) is 0 Å². The van der Waals surface area contributed by atoms with Gasteiger partial charge in [-0.05, 0) is 12.5 Å². The van der Waals surface area contributed by atoms with Crippen LogP contribution in [0.1, 0.15) is 17.4 Å². The lowest BCUT2D eigenvalue weighted by atomic mass is 10.3. The number of carboxylic acids is 1. The first-order valence-corrected chi connectivity index (χ1v) is 4.73. The highest BCUT2D eigenvalue weighted by Crippen LogP contribution is 2.18. The van der Waals surface area contributed by atoms with Gasteiger partial charge in [0.15, 0.2) is 0 Å². The fourth-order valence-corrected chi connectivity index (χ4v) is 1.28. The molecule has 1 N–H and O–H groups in total. The van der Waals surface area contributed by atoms with E-state index in [1.165, 1.54) is 16.3 Å². The van der Waals surface area contributed by atoms with Crippen molar-refractivity contribution in [3.63, 3.8) is 0 Å². The van der Waals surface area contributed by atoms with Gasteiger partial charge in [-0.15, -0.1) is 0 Å². The van der Waals surface area contributed by atoms with E-state index >= 15 is 0 Å². The number of halogens is 1. The van der Waals surface area contributed by atoms with Crippen molar-refractivity contribution in [3.05, 3.63) is 39.2 Å². The lowest BCUT2D eigenvalue weighted by Crippen LogP contribution is -2.08. The van der Waals surface area contributed by atoms with Gasteiger partial charge >= 0.3 is 5.97 Å². The van der Waals surface area contributed by atoms with Gasteiger partial charge in [0.1, 0.15) is 5.69 Å². The van der Waals surface area contributed by atoms with Crippen LogP contribution in [-0.4, -0.2) is 20.6 Å². The Bertz CT molecular complexity index is 464. The number of allylic oxidation sites excluding steroid dienone is 1. The monoisotopic (exact) mass is 244 g/mol. The number of hydrogen-bond acceptors (Lipinski definition) is 3. The number of hydrogen-bond donors (Lipinski definition) is 1. The number of aromatic carboxylic acids is 1. The average molecular weight is 245 g/mol. The van der Waals surface area contributed by atoms with E-state index in [0.717, 1.165) is 6.07 Å². The van der Waals surface area contributed by atoms with Crippen LogP contribution in [0.15, 0.2) is 23.4 Å². The zero-order chi connectivity index (χ0) is 12.3. The van der Waals surface area contributed by atoms with Crippen molar-refractivity contribution < 1.29 is 14.8 Å². The number of carboxylic acid groups (broad SMARTS) is 1. The third kappa shape index (κ3) is 2.60. The van der Waals surface area contributed by atoms with E-state index in [1.54, 1.807) is 6.92 Å². The summed E-state index contributed by atoms with van der Waals surface area (Å²) >= 11 is 5.45. The Morgan fingerprint density at radius 1 is 1.75 bits per heavy atom. The normalized spacial score (nSPS) is 11.5. The van der Waals surface area contributed by atoms with Gasteiger partial charge in [0.25, 0.3) is 5.69 Å². The van der Waals surface area contributed by atoms with Crippen molar-refractivity contribution >= 4 is 23.3 Å². The summed E-state index contributed by atoms with van der Waals surface area (Å²) in [6.07, 6.45) is 1.17. The number of carbonyl (C=O) groups is 1. The molecule has 0 aromatic carbocycles. The molecule has 1 aromatic rings. The third-order valence-corrected chi connectivity index (χ3v) is 2.29. The first-order chi connectivity index (χ1) is 7.45. The van der Waals surface area contributed by atoms with Gasteiger partial charge < -0.3 is 9.67 Å². The predicted molar refractivity (Wildman–Crippen MR) is 57.7 cm³/mol. The van der Waals surface area contributed by atoms with Crippen LogP contribution in [0.2, 0.25) is 0 Å². The molecule has 0 unspecified atom stereocenters. The molecule has 1 heterocycles. The summed E-state index contributed by atoms with van der Waals surface area (Å²) in [7, 11) is 0. The maximum absolute atomic E-state index is 10.8. The topological polar surface area (TPSA) is 85.4 Å². The molecule has 0 bridgehead atoms. The second-order valence-electron chi connectivity index (χ2n) is 3.23. The standard InChI is InChI=1S/C9H9ClN2O4/c1-6(3-10)4-11-5-7(12(15)16)2-8(11)9(13)14/h2-3,5H,4H2,1H3,(H,13,14)/b6-3-. The molecule has 1 aromatic heterocycles. The summed E-state index contributed by atoms with van der Waals surface area (Å²) in [6, 6.07) is 1.02. The maximum Gasteiger partial charge on any atom is 0.352 e. The SMILES string of the molecule is C/C(=C/Cl)Cn1cc([N+](=O)[O-])cc1C(=O)O. The van der Waals surface area contributed by atoms with Crippen molar-refractivity contribution in [1.82, 2.24) is 4.57 Å². The maximum atomic E-state index is 10.8. The molecule has 6 nitrogen and oxygen atoms in total. The Hall–Kier alpha value is -1.82. The Labute approximate surface area is 95.9 Å². The molecule has 0 radical (unpaired) electrons. The van der Waals surface area contributed by atoms with E-state index < -0.39 is 10.9 Å². The smallest absolute Gasteiger partial charge is 0.352 e. The quantitative estimate of drug-likeness (QED) is 0.650. The van der Waals surface area contributed by atoms with Gasteiger partial charge in [0.05, 0.1) is 11.1 Å². The first kappa shape index (κ1) is 12.3.